The van der Waals surface area contributed by atoms with E-state index >= 15 is 0 Å². The molecule has 1 aliphatic heterocycles. The van der Waals surface area contributed by atoms with Crippen molar-refractivity contribution in [3.05, 3.63) is 29.8 Å². The first-order chi connectivity index (χ1) is 10.4. The Labute approximate surface area is 133 Å². The average Bonchev–Trinajstić information content (AvgIpc) is 2.47. The van der Waals surface area contributed by atoms with Crippen LogP contribution in [-0.4, -0.2) is 36.7 Å². The maximum absolute atomic E-state index is 12.2. The molecule has 1 amide bonds. The number of ether oxygens (including phenoxy) is 1. The zero-order valence-electron chi connectivity index (χ0n) is 14.1. The van der Waals surface area contributed by atoms with Crippen molar-refractivity contribution in [3.8, 4) is 0 Å². The summed E-state index contributed by atoms with van der Waals surface area (Å²) in [7, 11) is 1.97. The quantitative estimate of drug-likeness (QED) is 0.665. The van der Waals surface area contributed by atoms with Crippen molar-refractivity contribution in [2.75, 3.05) is 25.6 Å². The molecule has 22 heavy (non-hydrogen) atoms. The van der Waals surface area contributed by atoms with Crippen LogP contribution in [0.5, 0.6) is 0 Å². The number of carbonyl (C=O) groups is 1. The largest absolute Gasteiger partial charge is 0.444 e. The van der Waals surface area contributed by atoms with Crippen LogP contribution in [0.1, 0.15) is 45.1 Å². The fraction of sp³-hybridized carbons (Fsp3) is 0.588. The summed E-state index contributed by atoms with van der Waals surface area (Å²) in [6.07, 6.45) is 1.94. The van der Waals surface area contributed by atoms with Crippen LogP contribution in [0.15, 0.2) is 24.3 Å². The molecule has 122 valence electrons. The van der Waals surface area contributed by atoms with Crippen molar-refractivity contribution in [2.45, 2.75) is 45.1 Å². The number of nitrogens with zero attached hydrogens (tertiary/aromatic N) is 1. The van der Waals surface area contributed by atoms with Gasteiger partial charge in [0.15, 0.2) is 0 Å². The molecule has 1 heterocycles. The van der Waals surface area contributed by atoms with Gasteiger partial charge in [-0.1, -0.05) is 12.1 Å². The van der Waals surface area contributed by atoms with Gasteiger partial charge in [0.1, 0.15) is 5.60 Å². The molecule has 1 fully saturated rings. The minimum absolute atomic E-state index is 0.198. The Hall–Kier alpha value is -1.75. The molecule has 3 N–H and O–H groups in total. The van der Waals surface area contributed by atoms with E-state index in [2.05, 4.69) is 29.7 Å². The Bertz CT molecular complexity index is 494. The van der Waals surface area contributed by atoms with E-state index in [9.17, 15) is 4.79 Å². The zero-order chi connectivity index (χ0) is 16.2. The standard InChI is InChI=1S/C17H27N3O2/c1-17(2,3)22-16(21)20-11-5-6-14(12-20)13-7-9-15(10-8-13)19-18-4/h7-10,14,18-19H,5-6,11-12H2,1-4H3/p+1. The van der Waals surface area contributed by atoms with E-state index in [0.717, 1.165) is 31.6 Å². The van der Waals surface area contributed by atoms with Crippen LogP contribution in [0, 0.1) is 0 Å². The Morgan fingerprint density at radius 1 is 1.32 bits per heavy atom. The summed E-state index contributed by atoms with van der Waals surface area (Å²) in [5.41, 5.74) is 7.04. The topological polar surface area (TPSA) is 58.2 Å². The minimum atomic E-state index is -0.437. The van der Waals surface area contributed by atoms with Gasteiger partial charge in [0.25, 0.3) is 0 Å². The van der Waals surface area contributed by atoms with Crippen LogP contribution >= 0.6 is 0 Å². The number of quaternary nitrogens is 1. The summed E-state index contributed by atoms with van der Waals surface area (Å²) in [4.78, 5) is 14.1. The van der Waals surface area contributed by atoms with E-state index in [4.69, 9.17) is 4.74 Å². The van der Waals surface area contributed by atoms with Gasteiger partial charge >= 0.3 is 6.09 Å². The first-order valence-electron chi connectivity index (χ1n) is 8.01. The molecule has 1 aromatic rings. The van der Waals surface area contributed by atoms with Crippen molar-refractivity contribution in [1.29, 1.82) is 0 Å². The third-order valence-corrected chi connectivity index (χ3v) is 3.77. The van der Waals surface area contributed by atoms with E-state index in [0.29, 0.717) is 5.92 Å². The van der Waals surface area contributed by atoms with Crippen molar-refractivity contribution in [2.24, 2.45) is 0 Å². The van der Waals surface area contributed by atoms with E-state index < -0.39 is 5.60 Å². The molecule has 5 nitrogen and oxygen atoms in total. The molecule has 1 atom stereocenters. The third-order valence-electron chi connectivity index (χ3n) is 3.77. The molecular formula is C17H28N3O2+. The maximum atomic E-state index is 12.2. The molecule has 1 aliphatic rings. The molecule has 2 rings (SSSR count). The second-order valence-corrected chi connectivity index (χ2v) is 6.82. The second-order valence-electron chi connectivity index (χ2n) is 6.82. The summed E-state index contributed by atoms with van der Waals surface area (Å²) in [5, 5.41) is 0. The number of carbonyl (C=O) groups excluding carboxylic acids is 1. The summed E-state index contributed by atoms with van der Waals surface area (Å²) in [6, 6.07) is 8.47. The van der Waals surface area contributed by atoms with Gasteiger partial charge in [-0.15, -0.1) is 0 Å². The molecule has 0 aliphatic carbocycles. The predicted molar refractivity (Wildman–Crippen MR) is 87.7 cm³/mol. The number of nitrogen functional groups attached to an aromatic ring is 1. The summed E-state index contributed by atoms with van der Waals surface area (Å²) >= 11 is 0. The van der Waals surface area contributed by atoms with Gasteiger partial charge in [-0.25, -0.2) is 15.6 Å². The fourth-order valence-corrected chi connectivity index (χ4v) is 2.76. The van der Waals surface area contributed by atoms with Gasteiger partial charge in [-0.2, -0.15) is 0 Å². The van der Waals surface area contributed by atoms with E-state index in [-0.39, 0.29) is 6.09 Å². The molecular weight excluding hydrogens is 278 g/mol. The number of amides is 1. The van der Waals surface area contributed by atoms with Crippen LogP contribution in [-0.2, 0) is 4.74 Å². The van der Waals surface area contributed by atoms with Crippen LogP contribution in [0.25, 0.3) is 0 Å². The van der Waals surface area contributed by atoms with Crippen LogP contribution in [0.3, 0.4) is 0 Å². The van der Waals surface area contributed by atoms with Gasteiger partial charge < -0.3 is 9.64 Å². The van der Waals surface area contributed by atoms with Crippen molar-refractivity contribution in [1.82, 2.24) is 4.90 Å². The fourth-order valence-electron chi connectivity index (χ4n) is 2.76. The molecule has 0 bridgehead atoms. The number of piperidine rings is 1. The van der Waals surface area contributed by atoms with Crippen molar-refractivity contribution < 1.29 is 15.0 Å². The third kappa shape index (κ3) is 4.63. The molecule has 5 heteroatoms. The number of likely N-dealkylation sites (tertiary alicyclic amines) is 1. The number of benzene rings is 1. The Morgan fingerprint density at radius 3 is 2.59 bits per heavy atom. The Kier molecular flexibility index (Phi) is 5.29. The van der Waals surface area contributed by atoms with Crippen LogP contribution < -0.4 is 10.9 Å². The predicted octanol–water partition coefficient (Wildman–Crippen LogP) is 2.32. The first-order valence-corrected chi connectivity index (χ1v) is 8.01. The highest BCUT2D eigenvalue weighted by atomic mass is 16.6. The molecule has 1 saturated heterocycles. The van der Waals surface area contributed by atoms with Crippen LogP contribution in [0.4, 0.5) is 10.5 Å². The normalized spacial score (nSPS) is 18.9. The molecule has 1 unspecified atom stereocenters. The van der Waals surface area contributed by atoms with Gasteiger partial charge in [0.2, 0.25) is 0 Å². The lowest BCUT2D eigenvalue weighted by atomic mass is 9.91. The summed E-state index contributed by atoms with van der Waals surface area (Å²) < 4.78 is 5.49. The first kappa shape index (κ1) is 16.6. The number of hydrogen-bond donors (Lipinski definition) is 2. The molecule has 0 radical (unpaired) electrons. The van der Waals surface area contributed by atoms with Gasteiger partial charge in [0.05, 0.1) is 12.7 Å². The smallest absolute Gasteiger partial charge is 0.410 e. The SMILES string of the molecule is C[NH2+]Nc1ccc(C2CCCN(C(=O)OC(C)(C)C)C2)cc1. The highest BCUT2D eigenvalue weighted by molar-refractivity contribution is 5.68. The number of anilines is 1. The summed E-state index contributed by atoms with van der Waals surface area (Å²) in [5.74, 6) is 0.390. The monoisotopic (exact) mass is 306 g/mol. The highest BCUT2D eigenvalue weighted by Crippen LogP contribution is 2.28. The van der Waals surface area contributed by atoms with E-state index in [1.807, 2.05) is 38.1 Å². The molecule has 1 aromatic carbocycles. The molecule has 0 aromatic heterocycles. The zero-order valence-corrected chi connectivity index (χ0v) is 14.1. The van der Waals surface area contributed by atoms with Gasteiger partial charge in [-0.3, -0.25) is 0 Å². The van der Waals surface area contributed by atoms with Gasteiger partial charge in [0, 0.05) is 19.0 Å². The van der Waals surface area contributed by atoms with Gasteiger partial charge in [-0.05, 0) is 51.3 Å². The lowest BCUT2D eigenvalue weighted by Gasteiger charge is -2.34. The van der Waals surface area contributed by atoms with Crippen molar-refractivity contribution >= 4 is 11.8 Å². The highest BCUT2D eigenvalue weighted by Gasteiger charge is 2.28. The summed E-state index contributed by atoms with van der Waals surface area (Å²) in [6.45, 7) is 7.24. The van der Waals surface area contributed by atoms with E-state index in [1.165, 1.54) is 5.56 Å². The number of nitrogens with one attached hydrogen (secondary N) is 1. The second kappa shape index (κ2) is 7.01. The Balaban J connectivity index is 1.99. The number of nitrogens with two attached hydrogens (primary N) is 1. The lowest BCUT2D eigenvalue weighted by Crippen LogP contribution is -2.84. The Morgan fingerprint density at radius 2 is 2.00 bits per heavy atom. The number of rotatable bonds is 3. The van der Waals surface area contributed by atoms with Crippen molar-refractivity contribution in [3.63, 3.8) is 0 Å². The maximum Gasteiger partial charge on any atom is 0.410 e. The molecule has 0 spiro atoms. The minimum Gasteiger partial charge on any atom is -0.444 e. The average molecular weight is 306 g/mol. The molecule has 0 saturated carbocycles. The number of hydrogen-bond acceptors (Lipinski definition) is 3. The van der Waals surface area contributed by atoms with E-state index in [1.54, 1.807) is 0 Å². The lowest BCUT2D eigenvalue weighted by molar-refractivity contribution is -0.596. The van der Waals surface area contributed by atoms with Crippen LogP contribution in [0.2, 0.25) is 0 Å².